The van der Waals surface area contributed by atoms with Crippen LogP contribution in [0.2, 0.25) is 0 Å². The van der Waals surface area contributed by atoms with Crippen LogP contribution in [-0.4, -0.2) is 16.1 Å². The monoisotopic (exact) mass is 565 g/mol. The summed E-state index contributed by atoms with van der Waals surface area (Å²) < 4.78 is 11.9. The number of hydrogen-bond donors (Lipinski definition) is 1. The number of hydrogen-bond acceptors (Lipinski definition) is 7. The van der Waals surface area contributed by atoms with Crippen LogP contribution < -0.4 is 9.47 Å². The van der Waals surface area contributed by atoms with Crippen LogP contribution in [0.15, 0.2) is 113 Å². The van der Waals surface area contributed by atoms with Gasteiger partial charge in [-0.15, -0.1) is 10.2 Å². The molecule has 43 heavy (non-hydrogen) atoms. The summed E-state index contributed by atoms with van der Waals surface area (Å²) in [7, 11) is 0. The molecule has 1 atom stereocenters. The molecule has 5 aromatic carbocycles. The lowest BCUT2D eigenvalue weighted by atomic mass is 9.94. The molecule has 0 saturated carbocycles. The number of carbonyl (C=O) groups is 1. The van der Waals surface area contributed by atoms with E-state index >= 15 is 0 Å². The molecule has 0 spiro atoms. The van der Waals surface area contributed by atoms with Gasteiger partial charge < -0.3 is 14.6 Å². The van der Waals surface area contributed by atoms with E-state index in [1.165, 1.54) is 0 Å². The van der Waals surface area contributed by atoms with E-state index in [1.54, 1.807) is 30.3 Å². The maximum Gasteiger partial charge on any atom is 0.318 e. The number of ether oxygens (including phenoxy) is 2. The summed E-state index contributed by atoms with van der Waals surface area (Å²) in [6.07, 6.45) is 0.677. The van der Waals surface area contributed by atoms with E-state index in [0.29, 0.717) is 40.2 Å². The fourth-order valence-electron chi connectivity index (χ4n) is 5.41. The van der Waals surface area contributed by atoms with Gasteiger partial charge in [-0.3, -0.25) is 4.79 Å². The van der Waals surface area contributed by atoms with Crippen molar-refractivity contribution >= 4 is 38.9 Å². The molecule has 1 aliphatic heterocycles. The van der Waals surface area contributed by atoms with Crippen LogP contribution in [0.5, 0.6) is 23.1 Å². The van der Waals surface area contributed by atoms with Crippen LogP contribution in [-0.2, 0) is 11.2 Å². The first kappa shape index (κ1) is 26.3. The molecule has 1 unspecified atom stereocenters. The number of nitrogens with zero attached hydrogens (tertiary/aromatic N) is 3. The van der Waals surface area contributed by atoms with E-state index in [0.717, 1.165) is 38.9 Å². The molecule has 1 aliphatic rings. The molecule has 1 N–H and O–H groups in total. The Bertz CT molecular complexity index is 2080. The number of fused-ring (bicyclic) bond motifs is 4. The normalized spacial score (nSPS) is 13.0. The van der Waals surface area contributed by atoms with Crippen LogP contribution in [0.25, 0.3) is 21.5 Å². The van der Waals surface area contributed by atoms with Gasteiger partial charge in [-0.2, -0.15) is 0 Å². The summed E-state index contributed by atoms with van der Waals surface area (Å²) in [6.45, 7) is 3.76. The molecule has 0 amide bonds. The van der Waals surface area contributed by atoms with Crippen LogP contribution in [0.4, 0.5) is 11.4 Å². The number of phenols is 1. The molecule has 7 nitrogen and oxygen atoms in total. The number of azo groups is 1. The number of rotatable bonds is 5. The highest BCUT2D eigenvalue weighted by molar-refractivity contribution is 5.98. The molecular weight excluding hydrogens is 538 g/mol. The van der Waals surface area contributed by atoms with E-state index in [1.807, 2.05) is 86.6 Å². The Morgan fingerprint density at radius 3 is 2.53 bits per heavy atom. The number of aryl methyl sites for hydroxylation is 1. The van der Waals surface area contributed by atoms with Crippen molar-refractivity contribution in [2.24, 2.45) is 10.2 Å². The lowest BCUT2D eigenvalue weighted by molar-refractivity contribution is -0.135. The third-order valence-electron chi connectivity index (χ3n) is 7.82. The molecule has 210 valence electrons. The second kappa shape index (κ2) is 10.7. The van der Waals surface area contributed by atoms with Crippen molar-refractivity contribution in [3.05, 3.63) is 126 Å². The van der Waals surface area contributed by atoms with Crippen LogP contribution in [0.3, 0.4) is 0 Å². The maximum absolute atomic E-state index is 13.3. The molecule has 1 aromatic heterocycles. The second-order valence-corrected chi connectivity index (χ2v) is 10.7. The zero-order valence-corrected chi connectivity index (χ0v) is 23.6. The molecule has 0 fully saturated rings. The third-order valence-corrected chi connectivity index (χ3v) is 7.82. The lowest BCUT2D eigenvalue weighted by Gasteiger charge is -2.21. The van der Waals surface area contributed by atoms with Gasteiger partial charge in [-0.1, -0.05) is 66.7 Å². The predicted molar refractivity (Wildman–Crippen MR) is 166 cm³/mol. The molecule has 2 heterocycles. The molecular formula is C36H27N3O4. The van der Waals surface area contributed by atoms with Gasteiger partial charge in [0.1, 0.15) is 17.2 Å². The van der Waals surface area contributed by atoms with E-state index in [4.69, 9.17) is 9.47 Å². The summed E-state index contributed by atoms with van der Waals surface area (Å²) in [5.41, 5.74) is 4.76. The number of aromatic nitrogens is 1. The standard InChI is InChI=1S/C36H27N3O4/c1-21-13-14-25-20-26-19-24(15-18-32(26)42-35(25)37-21)22(2)36(41)43-33-12-6-10-29-28(33)16-17-31(34(29)40)39-38-30-11-5-8-23-7-3-4-9-27(23)30/h3-19,22,40H,20H2,1-2H3. The minimum Gasteiger partial charge on any atom is -0.505 e. The number of carbonyl (C=O) groups excluding carboxylic acids is 1. The van der Waals surface area contributed by atoms with E-state index in [2.05, 4.69) is 15.2 Å². The van der Waals surface area contributed by atoms with Crippen LogP contribution in [0, 0.1) is 6.92 Å². The Hall–Kier alpha value is -5.56. The second-order valence-electron chi connectivity index (χ2n) is 10.7. The average Bonchev–Trinajstić information content (AvgIpc) is 3.03. The molecule has 0 aliphatic carbocycles. The molecule has 7 rings (SSSR count). The van der Waals surface area contributed by atoms with Crippen molar-refractivity contribution in [2.45, 2.75) is 26.2 Å². The largest absolute Gasteiger partial charge is 0.505 e. The van der Waals surface area contributed by atoms with Gasteiger partial charge in [0.05, 0.1) is 11.6 Å². The number of esters is 1. The van der Waals surface area contributed by atoms with Gasteiger partial charge in [-0.25, -0.2) is 4.98 Å². The zero-order chi connectivity index (χ0) is 29.5. The first-order valence-electron chi connectivity index (χ1n) is 14.1. The summed E-state index contributed by atoms with van der Waals surface area (Å²) >= 11 is 0. The van der Waals surface area contributed by atoms with Crippen molar-refractivity contribution in [1.82, 2.24) is 4.98 Å². The Balaban J connectivity index is 1.12. The fraction of sp³-hybridized carbons (Fsp3) is 0.111. The van der Waals surface area contributed by atoms with Crippen molar-refractivity contribution in [3.8, 4) is 23.1 Å². The van der Waals surface area contributed by atoms with Gasteiger partial charge in [0.25, 0.3) is 0 Å². The van der Waals surface area contributed by atoms with Gasteiger partial charge in [-0.05, 0) is 66.8 Å². The molecule has 7 heteroatoms. The summed E-state index contributed by atoms with van der Waals surface area (Å²) in [4.78, 5) is 17.8. The number of benzene rings is 5. The molecule has 6 aromatic rings. The summed E-state index contributed by atoms with van der Waals surface area (Å²) in [5.74, 6) is 0.769. The Morgan fingerprint density at radius 1 is 0.837 bits per heavy atom. The lowest BCUT2D eigenvalue weighted by Crippen LogP contribution is -2.17. The fourth-order valence-corrected chi connectivity index (χ4v) is 5.41. The molecule has 0 bridgehead atoms. The summed E-state index contributed by atoms with van der Waals surface area (Å²) in [6, 6.07) is 32.2. The number of phenolic OH excluding ortho intramolecular Hbond substituents is 1. The van der Waals surface area contributed by atoms with Crippen molar-refractivity contribution in [3.63, 3.8) is 0 Å². The van der Waals surface area contributed by atoms with Gasteiger partial charge in [0.2, 0.25) is 5.88 Å². The number of aromatic hydroxyl groups is 1. The van der Waals surface area contributed by atoms with Crippen molar-refractivity contribution in [1.29, 1.82) is 0 Å². The quantitative estimate of drug-likeness (QED) is 0.128. The first-order valence-corrected chi connectivity index (χ1v) is 14.1. The Kier molecular flexibility index (Phi) is 6.55. The van der Waals surface area contributed by atoms with Crippen molar-refractivity contribution < 1.29 is 19.4 Å². The highest BCUT2D eigenvalue weighted by atomic mass is 16.5. The van der Waals surface area contributed by atoms with Gasteiger partial charge in [0, 0.05) is 33.8 Å². The third kappa shape index (κ3) is 4.95. The maximum atomic E-state index is 13.3. The molecule has 0 radical (unpaired) electrons. The Morgan fingerprint density at radius 2 is 1.63 bits per heavy atom. The summed E-state index contributed by atoms with van der Waals surface area (Å²) in [5, 5.41) is 23.0. The number of pyridine rings is 1. The predicted octanol–water partition coefficient (Wildman–Crippen LogP) is 9.22. The van der Waals surface area contributed by atoms with Gasteiger partial charge in [0.15, 0.2) is 5.75 Å². The highest BCUT2D eigenvalue weighted by Gasteiger charge is 2.23. The smallest absolute Gasteiger partial charge is 0.318 e. The van der Waals surface area contributed by atoms with Crippen LogP contribution >= 0.6 is 0 Å². The van der Waals surface area contributed by atoms with E-state index in [9.17, 15) is 9.90 Å². The topological polar surface area (TPSA) is 93.4 Å². The Labute approximate surface area is 248 Å². The van der Waals surface area contributed by atoms with Gasteiger partial charge >= 0.3 is 5.97 Å². The SMILES string of the molecule is Cc1ccc2c(n1)Oc1ccc(C(C)C(=O)Oc3cccc4c(O)c(N=Nc5cccc6ccccc56)ccc34)cc1C2. The zero-order valence-electron chi connectivity index (χ0n) is 23.6. The van der Waals surface area contributed by atoms with E-state index < -0.39 is 11.9 Å². The average molecular weight is 566 g/mol. The first-order chi connectivity index (χ1) is 20.9. The van der Waals surface area contributed by atoms with Crippen molar-refractivity contribution in [2.75, 3.05) is 0 Å². The minimum atomic E-state index is -0.527. The minimum absolute atomic E-state index is 0.0351. The van der Waals surface area contributed by atoms with E-state index in [-0.39, 0.29) is 5.75 Å². The highest BCUT2D eigenvalue weighted by Crippen LogP contribution is 2.41. The molecule has 0 saturated heterocycles. The van der Waals surface area contributed by atoms with Crippen LogP contribution in [0.1, 0.15) is 35.2 Å².